The minimum Gasteiger partial charge on any atom is -0.347 e. The van der Waals surface area contributed by atoms with E-state index in [0.29, 0.717) is 0 Å². The lowest BCUT2D eigenvalue weighted by Crippen LogP contribution is -2.54. The average Bonchev–Trinajstić information content (AvgIpc) is 2.72. The Morgan fingerprint density at radius 1 is 1.30 bits per heavy atom. The van der Waals surface area contributed by atoms with E-state index < -0.39 is 52.6 Å². The molecule has 0 N–H and O–H groups in total. The number of rotatable bonds is 5. The number of hydrogen-bond acceptors (Lipinski definition) is 7. The molecule has 4 atom stereocenters. The molecule has 2 saturated heterocycles. The molecule has 0 radical (unpaired) electrons. The molecule has 0 aliphatic carbocycles. The minimum atomic E-state index is -5.78. The van der Waals surface area contributed by atoms with Gasteiger partial charge in [-0.25, -0.2) is 0 Å². The maximum atomic E-state index is 12.5. The molecule has 2 heterocycles. The second kappa shape index (κ2) is 6.30. The molecule has 0 aromatic heterocycles. The second-order valence-corrected chi connectivity index (χ2v) is 6.99. The van der Waals surface area contributed by atoms with Crippen LogP contribution in [0.1, 0.15) is 13.8 Å². The number of hydrogen-bond donors (Lipinski definition) is 0. The van der Waals surface area contributed by atoms with Crippen molar-refractivity contribution in [2.75, 3.05) is 13.2 Å². The van der Waals surface area contributed by atoms with Gasteiger partial charge in [0.25, 0.3) is 0 Å². The minimum absolute atomic E-state index is 0.115. The Morgan fingerprint density at radius 2 is 1.91 bits per heavy atom. The van der Waals surface area contributed by atoms with Gasteiger partial charge < -0.3 is 18.9 Å². The molecule has 7 nitrogen and oxygen atoms in total. The molecule has 0 aromatic carbocycles. The maximum absolute atomic E-state index is 12.5. The smallest absolute Gasteiger partial charge is 0.347 e. The van der Waals surface area contributed by atoms with Gasteiger partial charge in [0, 0.05) is 0 Å². The molecule has 2 fully saturated rings. The topological polar surface area (TPSA) is 80.3 Å². The Kier molecular flexibility index (Phi) is 5.10. The highest BCUT2D eigenvalue weighted by atomic mass is 32.2. The van der Waals surface area contributed by atoms with Gasteiger partial charge in [0.1, 0.15) is 18.3 Å². The Balaban J connectivity index is 2.17. The largest absolute Gasteiger partial charge is 0.523 e. The highest BCUT2D eigenvalue weighted by Crippen LogP contribution is 2.38. The fraction of sp³-hybridized carbons (Fsp3) is 0.833. The van der Waals surface area contributed by atoms with Crippen molar-refractivity contribution in [2.24, 2.45) is 0 Å². The van der Waals surface area contributed by atoms with Gasteiger partial charge in [0.15, 0.2) is 12.1 Å². The van der Waals surface area contributed by atoms with E-state index in [2.05, 4.69) is 10.8 Å². The lowest BCUT2D eigenvalue weighted by Gasteiger charge is -2.35. The van der Waals surface area contributed by atoms with Crippen LogP contribution in [0.4, 0.5) is 13.2 Å². The van der Waals surface area contributed by atoms with Crippen LogP contribution in [0.3, 0.4) is 0 Å². The Morgan fingerprint density at radius 3 is 2.48 bits per heavy atom. The SMILES string of the molecule is C=CCO[C@H]1OC[C@@H](OS(=O)(=O)C(F)(F)F)[C@@H]2OC(C)(C)O[C@H]12. The summed E-state index contributed by atoms with van der Waals surface area (Å²) in [6.07, 6.45) is -3.02. The van der Waals surface area contributed by atoms with E-state index >= 15 is 0 Å². The average molecular weight is 362 g/mol. The van der Waals surface area contributed by atoms with Gasteiger partial charge in [-0.05, 0) is 13.8 Å². The van der Waals surface area contributed by atoms with Crippen molar-refractivity contribution in [1.29, 1.82) is 0 Å². The zero-order valence-corrected chi connectivity index (χ0v) is 13.2. The molecule has 0 unspecified atom stereocenters. The van der Waals surface area contributed by atoms with E-state index in [1.165, 1.54) is 19.9 Å². The van der Waals surface area contributed by atoms with Crippen LogP contribution in [0, 0.1) is 0 Å². The van der Waals surface area contributed by atoms with Gasteiger partial charge in [0.05, 0.1) is 13.2 Å². The summed E-state index contributed by atoms with van der Waals surface area (Å²) in [5.41, 5.74) is -5.53. The van der Waals surface area contributed by atoms with E-state index in [-0.39, 0.29) is 6.61 Å². The van der Waals surface area contributed by atoms with Crippen LogP contribution in [-0.4, -0.2) is 57.5 Å². The zero-order chi connectivity index (χ0) is 17.5. The number of ether oxygens (including phenoxy) is 4. The van der Waals surface area contributed by atoms with Crippen LogP contribution in [0.2, 0.25) is 0 Å². The van der Waals surface area contributed by atoms with E-state index in [9.17, 15) is 21.6 Å². The van der Waals surface area contributed by atoms with Crippen LogP contribution >= 0.6 is 0 Å². The highest BCUT2D eigenvalue weighted by Gasteiger charge is 2.57. The fourth-order valence-electron chi connectivity index (χ4n) is 2.30. The lowest BCUT2D eigenvalue weighted by atomic mass is 10.1. The zero-order valence-electron chi connectivity index (χ0n) is 12.4. The van der Waals surface area contributed by atoms with E-state index in [1.54, 1.807) is 0 Å². The van der Waals surface area contributed by atoms with Crippen LogP contribution in [0.25, 0.3) is 0 Å². The van der Waals surface area contributed by atoms with Crippen LogP contribution in [0.5, 0.6) is 0 Å². The standard InChI is InChI=1S/C12H17F3O7S/c1-4-5-18-10-9-8(20-11(2,3)21-9)7(6-19-10)22-23(16,17)12(13,14)15/h4,7-10H,1,5-6H2,2-3H3/t7-,8+,9+,10+/m1/s1. The molecule has 0 bridgehead atoms. The summed E-state index contributed by atoms with van der Waals surface area (Å²) in [6, 6.07) is 0. The molecule has 11 heteroatoms. The molecule has 134 valence electrons. The summed E-state index contributed by atoms with van der Waals surface area (Å²) in [5.74, 6) is -1.15. The predicted molar refractivity (Wildman–Crippen MR) is 69.6 cm³/mol. The van der Waals surface area contributed by atoms with Gasteiger partial charge in [-0.3, -0.25) is 4.18 Å². The van der Waals surface area contributed by atoms with Crippen LogP contribution in [-0.2, 0) is 33.2 Å². The van der Waals surface area contributed by atoms with Gasteiger partial charge in [-0.15, -0.1) is 6.58 Å². The van der Waals surface area contributed by atoms with Crippen molar-refractivity contribution in [1.82, 2.24) is 0 Å². The number of alkyl halides is 3. The van der Waals surface area contributed by atoms with Crippen molar-refractivity contribution in [2.45, 2.75) is 49.7 Å². The molecule has 0 amide bonds. The number of fused-ring (bicyclic) bond motifs is 1. The molecule has 23 heavy (non-hydrogen) atoms. The summed E-state index contributed by atoms with van der Waals surface area (Å²) in [5, 5.41) is 0. The Hall–Kier alpha value is -0.720. The third-order valence-corrected chi connectivity index (χ3v) is 4.20. The molecular formula is C12H17F3O7S. The summed E-state index contributed by atoms with van der Waals surface area (Å²) in [7, 11) is -5.78. The molecule has 2 aliphatic heterocycles. The first kappa shape index (κ1) is 18.6. The normalized spacial score (nSPS) is 34.1. The Labute approximate surface area is 131 Å². The molecule has 2 aliphatic rings. The third-order valence-electron chi connectivity index (χ3n) is 3.14. The molecule has 0 spiro atoms. The van der Waals surface area contributed by atoms with Crippen molar-refractivity contribution >= 4 is 10.1 Å². The summed E-state index contributed by atoms with van der Waals surface area (Å²) in [4.78, 5) is 0. The molecule has 0 aromatic rings. The van der Waals surface area contributed by atoms with Gasteiger partial charge in [-0.2, -0.15) is 21.6 Å². The van der Waals surface area contributed by atoms with E-state index in [0.717, 1.165) is 0 Å². The van der Waals surface area contributed by atoms with Gasteiger partial charge in [0.2, 0.25) is 0 Å². The van der Waals surface area contributed by atoms with E-state index in [1.807, 2.05) is 0 Å². The van der Waals surface area contributed by atoms with E-state index in [4.69, 9.17) is 18.9 Å². The Bertz CT molecular complexity index is 545. The van der Waals surface area contributed by atoms with Crippen molar-refractivity contribution < 1.29 is 44.7 Å². The predicted octanol–water partition coefficient (Wildman–Crippen LogP) is 1.30. The first-order valence-corrected chi connectivity index (χ1v) is 8.07. The second-order valence-electron chi connectivity index (χ2n) is 5.42. The first-order valence-electron chi connectivity index (χ1n) is 6.66. The van der Waals surface area contributed by atoms with Crippen LogP contribution in [0.15, 0.2) is 12.7 Å². The third kappa shape index (κ3) is 4.03. The lowest BCUT2D eigenvalue weighted by molar-refractivity contribution is -0.241. The number of halogens is 3. The van der Waals surface area contributed by atoms with Gasteiger partial charge >= 0.3 is 15.6 Å². The highest BCUT2D eigenvalue weighted by molar-refractivity contribution is 7.87. The molecule has 2 rings (SSSR count). The maximum Gasteiger partial charge on any atom is 0.523 e. The summed E-state index contributed by atoms with van der Waals surface area (Å²) in [6.45, 7) is 6.19. The summed E-state index contributed by atoms with van der Waals surface area (Å²) >= 11 is 0. The molecule has 0 saturated carbocycles. The van der Waals surface area contributed by atoms with Crippen LogP contribution < -0.4 is 0 Å². The van der Waals surface area contributed by atoms with Crippen molar-refractivity contribution in [3.8, 4) is 0 Å². The van der Waals surface area contributed by atoms with Crippen molar-refractivity contribution in [3.63, 3.8) is 0 Å². The first-order chi connectivity index (χ1) is 10.5. The monoisotopic (exact) mass is 362 g/mol. The fourth-order valence-corrected chi connectivity index (χ4v) is 2.90. The van der Waals surface area contributed by atoms with Gasteiger partial charge in [-0.1, -0.05) is 6.08 Å². The quantitative estimate of drug-likeness (QED) is 0.414. The van der Waals surface area contributed by atoms with Crippen molar-refractivity contribution in [3.05, 3.63) is 12.7 Å². The molecular weight excluding hydrogens is 345 g/mol. The summed E-state index contributed by atoms with van der Waals surface area (Å²) < 4.78 is 85.5.